The molecular weight excluding hydrogens is 186 g/mol. The molecule has 1 N–H and O–H groups in total. The first kappa shape index (κ1) is 12.5. The Hall–Kier alpha value is -0.590. The fraction of sp³-hybridized carbons (Fsp3) is 0.917. The molecule has 0 aromatic rings. The quantitative estimate of drug-likeness (QED) is 0.764. The highest BCUT2D eigenvalue weighted by Gasteiger charge is 2.38. The van der Waals surface area contributed by atoms with E-state index in [1.807, 2.05) is 0 Å². The molecule has 15 heavy (non-hydrogen) atoms. The van der Waals surface area contributed by atoms with Gasteiger partial charge >= 0.3 is 0 Å². The van der Waals surface area contributed by atoms with Gasteiger partial charge in [-0.25, -0.2) is 0 Å². The Bertz CT molecular complexity index is 242. The molecule has 3 heteroatoms. The van der Waals surface area contributed by atoms with E-state index in [9.17, 15) is 5.26 Å². The number of rotatable bonds is 4. The third-order valence-electron chi connectivity index (χ3n) is 3.09. The number of likely N-dealkylation sites (tertiary alicyclic amines) is 1. The number of nitrogens with zero attached hydrogens (tertiary/aromatic N) is 2. The van der Waals surface area contributed by atoms with Crippen molar-refractivity contribution in [3.63, 3.8) is 0 Å². The predicted molar refractivity (Wildman–Crippen MR) is 62.5 cm³/mol. The molecule has 1 fully saturated rings. The molecule has 1 aliphatic rings. The van der Waals surface area contributed by atoms with Crippen LogP contribution < -0.4 is 5.32 Å². The first-order valence-corrected chi connectivity index (χ1v) is 5.89. The lowest BCUT2D eigenvalue weighted by molar-refractivity contribution is 0.255. The van der Waals surface area contributed by atoms with Gasteiger partial charge in [0.25, 0.3) is 0 Å². The van der Waals surface area contributed by atoms with Gasteiger partial charge in [0, 0.05) is 19.1 Å². The van der Waals surface area contributed by atoms with Crippen molar-refractivity contribution < 1.29 is 0 Å². The van der Waals surface area contributed by atoms with Crippen LogP contribution in [0.15, 0.2) is 0 Å². The van der Waals surface area contributed by atoms with E-state index < -0.39 is 0 Å². The second kappa shape index (κ2) is 4.96. The van der Waals surface area contributed by atoms with Gasteiger partial charge in [-0.3, -0.25) is 10.2 Å². The maximum atomic E-state index is 9.29. The highest BCUT2D eigenvalue weighted by atomic mass is 15.2. The van der Waals surface area contributed by atoms with Gasteiger partial charge in [-0.2, -0.15) is 5.26 Å². The summed E-state index contributed by atoms with van der Waals surface area (Å²) in [4.78, 5) is 2.37. The molecular formula is C12H23N3. The molecule has 1 unspecified atom stereocenters. The minimum absolute atomic E-state index is 0.297. The summed E-state index contributed by atoms with van der Waals surface area (Å²) in [6.07, 6.45) is 0.953. The highest BCUT2D eigenvalue weighted by molar-refractivity contribution is 5.13. The van der Waals surface area contributed by atoms with Crippen LogP contribution in [0.3, 0.4) is 0 Å². The molecule has 0 amide bonds. The third kappa shape index (κ3) is 3.19. The molecule has 0 aliphatic carbocycles. The van der Waals surface area contributed by atoms with Crippen LogP contribution in [-0.2, 0) is 0 Å². The van der Waals surface area contributed by atoms with Gasteiger partial charge in [0.1, 0.15) is 5.54 Å². The molecule has 0 bridgehead atoms. The minimum Gasteiger partial charge on any atom is -0.298 e. The summed E-state index contributed by atoms with van der Waals surface area (Å²) in [6.45, 7) is 11.6. The largest absolute Gasteiger partial charge is 0.298 e. The summed E-state index contributed by atoms with van der Waals surface area (Å²) >= 11 is 0. The summed E-state index contributed by atoms with van der Waals surface area (Å²) in [5, 5.41) is 12.7. The van der Waals surface area contributed by atoms with Crippen molar-refractivity contribution in [1.82, 2.24) is 10.2 Å². The minimum atomic E-state index is -0.297. The van der Waals surface area contributed by atoms with Crippen LogP contribution in [0, 0.1) is 17.2 Å². The second-order valence-electron chi connectivity index (χ2n) is 5.28. The van der Waals surface area contributed by atoms with Crippen molar-refractivity contribution in [1.29, 1.82) is 5.26 Å². The number of hydrogen-bond acceptors (Lipinski definition) is 3. The molecule has 0 saturated carbocycles. The lowest BCUT2D eigenvalue weighted by Crippen LogP contribution is -2.48. The highest BCUT2D eigenvalue weighted by Crippen LogP contribution is 2.22. The van der Waals surface area contributed by atoms with E-state index in [4.69, 9.17) is 0 Å². The molecule has 0 aromatic heterocycles. The first-order chi connectivity index (χ1) is 6.99. The van der Waals surface area contributed by atoms with Gasteiger partial charge in [0.2, 0.25) is 0 Å². The SMILES string of the molecule is CC(C)CNC1(C#N)CCN(C(C)C)C1. The Labute approximate surface area is 93.5 Å². The smallest absolute Gasteiger partial charge is 0.120 e. The van der Waals surface area contributed by atoms with Crippen LogP contribution in [0.2, 0.25) is 0 Å². The van der Waals surface area contributed by atoms with Crippen LogP contribution in [0.5, 0.6) is 0 Å². The van der Waals surface area contributed by atoms with E-state index in [-0.39, 0.29) is 5.54 Å². The molecule has 1 saturated heterocycles. The standard InChI is InChI=1S/C12H23N3/c1-10(2)7-14-12(8-13)5-6-15(9-12)11(3)4/h10-11,14H,5-7,9H2,1-4H3. The second-order valence-corrected chi connectivity index (χ2v) is 5.28. The van der Waals surface area contributed by atoms with Crippen LogP contribution in [0.25, 0.3) is 0 Å². The Morgan fingerprint density at radius 1 is 1.40 bits per heavy atom. The lowest BCUT2D eigenvalue weighted by atomic mass is 10.00. The number of nitrogens with one attached hydrogen (secondary N) is 1. The fourth-order valence-corrected chi connectivity index (χ4v) is 1.95. The first-order valence-electron chi connectivity index (χ1n) is 5.89. The summed E-state index contributed by atoms with van der Waals surface area (Å²) in [6, 6.07) is 3.01. The number of hydrogen-bond donors (Lipinski definition) is 1. The normalized spacial score (nSPS) is 27.5. The summed E-state index contributed by atoms with van der Waals surface area (Å²) in [5.74, 6) is 0.600. The van der Waals surface area contributed by atoms with E-state index in [1.165, 1.54) is 0 Å². The summed E-state index contributed by atoms with van der Waals surface area (Å²) in [7, 11) is 0. The van der Waals surface area contributed by atoms with Crippen LogP contribution in [-0.4, -0.2) is 36.1 Å². The zero-order valence-electron chi connectivity index (χ0n) is 10.4. The molecule has 0 radical (unpaired) electrons. The van der Waals surface area contributed by atoms with Crippen molar-refractivity contribution in [2.75, 3.05) is 19.6 Å². The van der Waals surface area contributed by atoms with Crippen LogP contribution >= 0.6 is 0 Å². The summed E-state index contributed by atoms with van der Waals surface area (Å²) in [5.41, 5.74) is -0.297. The topological polar surface area (TPSA) is 39.1 Å². The Kier molecular flexibility index (Phi) is 4.12. The molecule has 0 spiro atoms. The van der Waals surface area contributed by atoms with Crippen molar-refractivity contribution in [2.45, 2.75) is 45.7 Å². The average molecular weight is 209 g/mol. The molecule has 1 atom stereocenters. The molecule has 0 aromatic carbocycles. The van der Waals surface area contributed by atoms with Gasteiger partial charge < -0.3 is 0 Å². The molecule has 1 rings (SSSR count). The van der Waals surface area contributed by atoms with E-state index >= 15 is 0 Å². The van der Waals surface area contributed by atoms with E-state index in [0.717, 1.165) is 26.1 Å². The van der Waals surface area contributed by atoms with Gasteiger partial charge in [0.15, 0.2) is 0 Å². The Morgan fingerprint density at radius 3 is 2.47 bits per heavy atom. The van der Waals surface area contributed by atoms with Gasteiger partial charge in [-0.15, -0.1) is 0 Å². The van der Waals surface area contributed by atoms with Crippen LogP contribution in [0.1, 0.15) is 34.1 Å². The van der Waals surface area contributed by atoms with Crippen molar-refractivity contribution in [3.05, 3.63) is 0 Å². The Balaban J connectivity index is 2.54. The van der Waals surface area contributed by atoms with E-state index in [1.54, 1.807) is 0 Å². The Morgan fingerprint density at radius 2 is 2.07 bits per heavy atom. The predicted octanol–water partition coefficient (Wildman–Crippen LogP) is 1.61. The van der Waals surface area contributed by atoms with Crippen molar-refractivity contribution >= 4 is 0 Å². The average Bonchev–Trinajstić information content (AvgIpc) is 2.60. The zero-order valence-corrected chi connectivity index (χ0v) is 10.4. The van der Waals surface area contributed by atoms with E-state index in [2.05, 4.69) is 44.0 Å². The van der Waals surface area contributed by atoms with Crippen molar-refractivity contribution in [2.24, 2.45) is 5.92 Å². The third-order valence-corrected chi connectivity index (χ3v) is 3.09. The van der Waals surface area contributed by atoms with Gasteiger partial charge in [-0.05, 0) is 32.7 Å². The summed E-state index contributed by atoms with van der Waals surface area (Å²) < 4.78 is 0. The maximum Gasteiger partial charge on any atom is 0.120 e. The molecule has 3 nitrogen and oxygen atoms in total. The molecule has 86 valence electrons. The zero-order chi connectivity index (χ0) is 11.5. The van der Waals surface area contributed by atoms with Gasteiger partial charge in [0.05, 0.1) is 6.07 Å². The van der Waals surface area contributed by atoms with Gasteiger partial charge in [-0.1, -0.05) is 13.8 Å². The lowest BCUT2D eigenvalue weighted by Gasteiger charge is -2.26. The number of nitriles is 1. The van der Waals surface area contributed by atoms with E-state index in [0.29, 0.717) is 12.0 Å². The monoisotopic (exact) mass is 209 g/mol. The fourth-order valence-electron chi connectivity index (χ4n) is 1.95. The maximum absolute atomic E-state index is 9.29. The molecule has 1 aliphatic heterocycles. The molecule has 1 heterocycles. The van der Waals surface area contributed by atoms with Crippen molar-refractivity contribution in [3.8, 4) is 6.07 Å². The van der Waals surface area contributed by atoms with Crippen LogP contribution in [0.4, 0.5) is 0 Å².